The number of rotatable bonds is 3. The highest BCUT2D eigenvalue weighted by molar-refractivity contribution is 5.68. The van der Waals surface area contributed by atoms with E-state index in [1.807, 2.05) is 6.07 Å². The number of benzene rings is 2. The van der Waals surface area contributed by atoms with Gasteiger partial charge in [-0.2, -0.15) is 13.2 Å². The average molecular weight is 357 g/mol. The Morgan fingerprint density at radius 2 is 1.65 bits per heavy atom. The predicted molar refractivity (Wildman–Crippen MR) is 97.5 cm³/mol. The molecule has 26 heavy (non-hydrogen) atoms. The molecule has 2 atom stereocenters. The molecule has 0 aliphatic carbocycles. The van der Waals surface area contributed by atoms with E-state index in [0.29, 0.717) is 12.1 Å². The normalized spacial score (nSPS) is 23.6. The van der Waals surface area contributed by atoms with Crippen LogP contribution in [0.3, 0.4) is 0 Å². The molecule has 1 saturated heterocycles. The Kier molecular flexibility index (Phi) is 4.62. The van der Waals surface area contributed by atoms with Gasteiger partial charge in [0.05, 0.1) is 5.56 Å². The molecule has 4 rings (SSSR count). The van der Waals surface area contributed by atoms with Gasteiger partial charge in [-0.05, 0) is 48.1 Å². The van der Waals surface area contributed by atoms with Gasteiger partial charge in [-0.25, -0.2) is 0 Å². The van der Waals surface area contributed by atoms with Gasteiger partial charge in [-0.15, -0.1) is 0 Å². The molecule has 0 saturated carbocycles. The van der Waals surface area contributed by atoms with Crippen LogP contribution >= 0.6 is 0 Å². The largest absolute Gasteiger partial charge is 0.416 e. The lowest BCUT2D eigenvalue weighted by Gasteiger charge is -2.45. The molecule has 0 amide bonds. The van der Waals surface area contributed by atoms with E-state index in [1.165, 1.54) is 29.7 Å². The van der Waals surface area contributed by atoms with Crippen molar-refractivity contribution >= 4 is 5.57 Å². The Bertz CT molecular complexity index is 777. The number of nitrogens with zero attached hydrogens (tertiary/aromatic N) is 1. The van der Waals surface area contributed by atoms with Gasteiger partial charge in [0.1, 0.15) is 0 Å². The summed E-state index contributed by atoms with van der Waals surface area (Å²) in [5.41, 5.74) is 2.85. The molecule has 2 bridgehead atoms. The molecule has 2 aromatic rings. The molecule has 136 valence electrons. The van der Waals surface area contributed by atoms with E-state index in [-0.39, 0.29) is 0 Å². The smallest absolute Gasteiger partial charge is 0.289 e. The van der Waals surface area contributed by atoms with Crippen molar-refractivity contribution in [3.05, 3.63) is 77.4 Å². The molecule has 2 unspecified atom stereocenters. The van der Waals surface area contributed by atoms with Crippen molar-refractivity contribution < 1.29 is 13.2 Å². The number of piperidine rings is 1. The van der Waals surface area contributed by atoms with Crippen LogP contribution in [0.5, 0.6) is 0 Å². The van der Waals surface area contributed by atoms with E-state index >= 15 is 0 Å². The van der Waals surface area contributed by atoms with Crippen LogP contribution in [-0.4, -0.2) is 17.0 Å². The maximum absolute atomic E-state index is 12.8. The van der Waals surface area contributed by atoms with Crippen molar-refractivity contribution in [3.8, 4) is 0 Å². The molecule has 0 spiro atoms. The zero-order valence-electron chi connectivity index (χ0n) is 14.5. The molecule has 2 aliphatic heterocycles. The SMILES string of the molecule is FC(F)(F)c1ccc(C2=CC3CCCC(C2)N3Cc2ccccc2)cc1. The van der Waals surface area contributed by atoms with Crippen molar-refractivity contribution in [1.29, 1.82) is 0 Å². The minimum Gasteiger partial charge on any atom is -0.289 e. The fourth-order valence-corrected chi connectivity index (χ4v) is 4.25. The summed E-state index contributed by atoms with van der Waals surface area (Å²) in [5, 5.41) is 0. The van der Waals surface area contributed by atoms with Gasteiger partial charge in [0, 0.05) is 18.6 Å². The summed E-state index contributed by atoms with van der Waals surface area (Å²) in [4.78, 5) is 2.56. The van der Waals surface area contributed by atoms with Gasteiger partial charge >= 0.3 is 6.18 Å². The van der Waals surface area contributed by atoms with Crippen molar-refractivity contribution in [2.75, 3.05) is 0 Å². The van der Waals surface area contributed by atoms with Crippen LogP contribution in [0.1, 0.15) is 42.4 Å². The van der Waals surface area contributed by atoms with Crippen LogP contribution in [0.2, 0.25) is 0 Å². The van der Waals surface area contributed by atoms with E-state index in [0.717, 1.165) is 31.4 Å². The van der Waals surface area contributed by atoms with Crippen molar-refractivity contribution in [1.82, 2.24) is 4.90 Å². The highest BCUT2D eigenvalue weighted by atomic mass is 19.4. The van der Waals surface area contributed by atoms with Crippen LogP contribution in [0.4, 0.5) is 13.2 Å². The van der Waals surface area contributed by atoms with Crippen LogP contribution in [0.15, 0.2) is 60.7 Å². The molecule has 2 aliphatic rings. The summed E-state index contributed by atoms with van der Waals surface area (Å²) in [6.45, 7) is 0.937. The highest BCUT2D eigenvalue weighted by Gasteiger charge is 2.34. The topological polar surface area (TPSA) is 3.24 Å². The predicted octanol–water partition coefficient (Wildman–Crippen LogP) is 5.92. The minimum absolute atomic E-state index is 0.375. The van der Waals surface area contributed by atoms with Crippen LogP contribution < -0.4 is 0 Å². The molecule has 1 nitrogen and oxygen atoms in total. The summed E-state index contributed by atoms with van der Waals surface area (Å²) in [5.74, 6) is 0. The van der Waals surface area contributed by atoms with Crippen LogP contribution in [0, 0.1) is 0 Å². The molecule has 2 aromatic carbocycles. The van der Waals surface area contributed by atoms with Crippen molar-refractivity contribution in [3.63, 3.8) is 0 Å². The Hall–Kier alpha value is -2.07. The van der Waals surface area contributed by atoms with Gasteiger partial charge in [0.2, 0.25) is 0 Å². The second-order valence-electron chi connectivity index (χ2n) is 7.28. The first-order chi connectivity index (χ1) is 12.5. The Morgan fingerprint density at radius 3 is 2.31 bits per heavy atom. The quantitative estimate of drug-likeness (QED) is 0.659. The molecule has 2 heterocycles. The number of halogens is 3. The Balaban J connectivity index is 1.56. The first kappa shape index (κ1) is 17.3. The summed E-state index contributed by atoms with van der Waals surface area (Å²) >= 11 is 0. The fourth-order valence-electron chi connectivity index (χ4n) is 4.25. The van der Waals surface area contributed by atoms with Gasteiger partial charge in [-0.3, -0.25) is 4.90 Å². The second kappa shape index (κ2) is 6.92. The fraction of sp³-hybridized carbons (Fsp3) is 0.364. The van der Waals surface area contributed by atoms with E-state index in [2.05, 4.69) is 35.2 Å². The molecule has 0 N–H and O–H groups in total. The molecule has 1 fully saturated rings. The van der Waals surface area contributed by atoms with Gasteiger partial charge in [0.15, 0.2) is 0 Å². The molecule has 0 radical (unpaired) electrons. The third-order valence-corrected chi connectivity index (χ3v) is 5.57. The first-order valence-electron chi connectivity index (χ1n) is 9.19. The van der Waals surface area contributed by atoms with Crippen molar-refractivity contribution in [2.45, 2.75) is 50.5 Å². The molecular formula is C22H22F3N. The summed E-state index contributed by atoms with van der Waals surface area (Å²) in [6.07, 6.45) is 2.41. The zero-order valence-corrected chi connectivity index (χ0v) is 14.5. The highest BCUT2D eigenvalue weighted by Crippen LogP contribution is 2.38. The Morgan fingerprint density at radius 1 is 0.923 bits per heavy atom. The summed E-state index contributed by atoms with van der Waals surface area (Å²) in [6, 6.07) is 17.0. The standard InChI is InChI=1S/C22H22F3N/c23-22(24,25)19-11-9-17(10-12-19)18-13-20-7-4-8-21(14-18)26(20)15-16-5-2-1-3-6-16/h1-3,5-6,9-13,20-21H,4,7-8,14-15H2. The maximum atomic E-state index is 12.8. The van der Waals surface area contributed by atoms with Crippen LogP contribution in [0.25, 0.3) is 5.57 Å². The second-order valence-corrected chi connectivity index (χ2v) is 7.28. The monoisotopic (exact) mass is 357 g/mol. The number of alkyl halides is 3. The van der Waals surface area contributed by atoms with E-state index < -0.39 is 11.7 Å². The molecular weight excluding hydrogens is 335 g/mol. The van der Waals surface area contributed by atoms with E-state index in [4.69, 9.17) is 0 Å². The lowest BCUT2D eigenvalue weighted by molar-refractivity contribution is -0.137. The van der Waals surface area contributed by atoms with Crippen molar-refractivity contribution in [2.24, 2.45) is 0 Å². The van der Waals surface area contributed by atoms with Gasteiger partial charge in [0.25, 0.3) is 0 Å². The van der Waals surface area contributed by atoms with E-state index in [9.17, 15) is 13.2 Å². The number of hydrogen-bond acceptors (Lipinski definition) is 1. The maximum Gasteiger partial charge on any atom is 0.416 e. The Labute approximate surface area is 152 Å². The summed E-state index contributed by atoms with van der Waals surface area (Å²) in [7, 11) is 0. The lowest BCUT2D eigenvalue weighted by atomic mass is 9.82. The minimum atomic E-state index is -4.28. The average Bonchev–Trinajstić information content (AvgIpc) is 2.62. The van der Waals surface area contributed by atoms with E-state index in [1.54, 1.807) is 12.1 Å². The number of hydrogen-bond donors (Lipinski definition) is 0. The first-order valence-corrected chi connectivity index (χ1v) is 9.19. The van der Waals surface area contributed by atoms with Gasteiger partial charge in [-0.1, -0.05) is 55.0 Å². The summed E-state index contributed by atoms with van der Waals surface area (Å²) < 4.78 is 38.4. The lowest BCUT2D eigenvalue weighted by Crippen LogP contribution is -2.47. The third kappa shape index (κ3) is 3.56. The van der Waals surface area contributed by atoms with Crippen LogP contribution in [-0.2, 0) is 12.7 Å². The van der Waals surface area contributed by atoms with Gasteiger partial charge < -0.3 is 0 Å². The molecule has 4 heteroatoms. The zero-order chi connectivity index (χ0) is 18.1. The third-order valence-electron chi connectivity index (χ3n) is 5.57. The number of fused-ring (bicyclic) bond motifs is 2. The molecule has 0 aromatic heterocycles.